The van der Waals surface area contributed by atoms with Crippen LogP contribution in [-0.2, 0) is 9.47 Å². The van der Waals surface area contributed by atoms with Crippen LogP contribution < -0.4 is 0 Å². The summed E-state index contributed by atoms with van der Waals surface area (Å²) in [5.74, 6) is -0.520. The van der Waals surface area contributed by atoms with Gasteiger partial charge in [-0.15, -0.1) is 0 Å². The van der Waals surface area contributed by atoms with Gasteiger partial charge in [-0.25, -0.2) is 14.0 Å². The summed E-state index contributed by atoms with van der Waals surface area (Å²) in [4.78, 5) is 22.7. The summed E-state index contributed by atoms with van der Waals surface area (Å²) in [6.45, 7) is 1.86. The maximum atomic E-state index is 13.6. The largest absolute Gasteiger partial charge is 0.508 e. The minimum atomic E-state index is -1.00. The number of likely N-dealkylation sites (tertiary alicyclic amines) is 1. The second kappa shape index (κ2) is 6.83. The highest BCUT2D eigenvalue weighted by Gasteiger charge is 2.21. The van der Waals surface area contributed by atoms with Crippen molar-refractivity contribution in [2.75, 3.05) is 26.3 Å². The molecule has 1 amide bonds. The summed E-state index contributed by atoms with van der Waals surface area (Å²) in [6, 6.07) is 0. The molecule has 1 N–H and O–H groups in total. The van der Waals surface area contributed by atoms with Gasteiger partial charge in [0.2, 0.25) is 0 Å². The monoisotopic (exact) mass is 261 g/mol. The third-order valence-electron chi connectivity index (χ3n) is 2.60. The molecule has 1 rings (SSSR count). The lowest BCUT2D eigenvalue weighted by Gasteiger charge is -2.25. The topological polar surface area (TPSA) is 76.1 Å². The first-order valence-electron chi connectivity index (χ1n) is 5.68. The van der Waals surface area contributed by atoms with E-state index in [-0.39, 0.29) is 19.7 Å². The Morgan fingerprint density at radius 3 is 2.44 bits per heavy atom. The molecule has 0 aromatic heterocycles. The Labute approximate surface area is 104 Å². The Morgan fingerprint density at radius 2 is 1.94 bits per heavy atom. The van der Waals surface area contributed by atoms with Crippen molar-refractivity contribution < 1.29 is 28.6 Å². The van der Waals surface area contributed by atoms with E-state index in [0.29, 0.717) is 18.4 Å². The molecule has 0 saturated carbocycles. The summed E-state index contributed by atoms with van der Waals surface area (Å²) in [7, 11) is 0. The van der Waals surface area contributed by atoms with Gasteiger partial charge in [-0.1, -0.05) is 0 Å². The molecule has 0 spiro atoms. The van der Waals surface area contributed by atoms with Crippen molar-refractivity contribution >= 4 is 12.2 Å². The fourth-order valence-corrected chi connectivity index (χ4v) is 1.62. The quantitative estimate of drug-likeness (QED) is 0.788. The maximum absolute atomic E-state index is 13.6. The number of halogens is 1. The fourth-order valence-electron chi connectivity index (χ4n) is 1.62. The van der Waals surface area contributed by atoms with Crippen LogP contribution in [0.3, 0.4) is 0 Å². The van der Waals surface area contributed by atoms with Crippen LogP contribution in [0.2, 0.25) is 0 Å². The van der Waals surface area contributed by atoms with Gasteiger partial charge in [-0.2, -0.15) is 0 Å². The van der Waals surface area contributed by atoms with Gasteiger partial charge in [0.1, 0.15) is 12.4 Å². The summed E-state index contributed by atoms with van der Waals surface area (Å²) in [5, 5.41) is 8.73. The number of carbonyl (C=O) groups excluding carboxylic acids is 1. The van der Waals surface area contributed by atoms with Crippen LogP contribution in [0.5, 0.6) is 0 Å². The van der Waals surface area contributed by atoms with E-state index in [1.807, 2.05) is 0 Å². The normalized spacial score (nSPS) is 15.2. The van der Waals surface area contributed by atoms with Crippen molar-refractivity contribution in [2.24, 2.45) is 0 Å². The lowest BCUT2D eigenvalue weighted by molar-refractivity contribution is 0.0615. The predicted octanol–water partition coefficient (Wildman–Crippen LogP) is 2.16. The Hall–Kier alpha value is -1.79. The third-order valence-corrected chi connectivity index (χ3v) is 2.60. The van der Waals surface area contributed by atoms with Crippen LogP contribution in [-0.4, -0.2) is 48.6 Å². The van der Waals surface area contributed by atoms with Crippen LogP contribution >= 0.6 is 0 Å². The molecule has 18 heavy (non-hydrogen) atoms. The first-order valence-corrected chi connectivity index (χ1v) is 5.68. The molecule has 0 aliphatic carbocycles. The Kier molecular flexibility index (Phi) is 5.41. The van der Waals surface area contributed by atoms with Crippen LogP contribution in [0.1, 0.15) is 19.8 Å². The van der Waals surface area contributed by atoms with Crippen LogP contribution in [0.25, 0.3) is 0 Å². The Balaban J connectivity index is 2.41. The van der Waals surface area contributed by atoms with Crippen LogP contribution in [0.15, 0.2) is 11.4 Å². The smallest absolute Gasteiger partial charge is 0.465 e. The van der Waals surface area contributed by atoms with Gasteiger partial charge in [0.25, 0.3) is 0 Å². The highest BCUT2D eigenvalue weighted by Crippen LogP contribution is 2.21. The average Bonchev–Trinajstić information content (AvgIpc) is 2.36. The molecule has 0 atom stereocenters. The molecule has 0 aromatic carbocycles. The zero-order valence-electron chi connectivity index (χ0n) is 10.1. The van der Waals surface area contributed by atoms with Crippen molar-refractivity contribution in [3.63, 3.8) is 0 Å². The number of piperidine rings is 1. The van der Waals surface area contributed by atoms with Crippen molar-refractivity contribution in [2.45, 2.75) is 19.8 Å². The second-order valence-electron chi connectivity index (χ2n) is 3.75. The molecule has 0 aromatic rings. The molecular formula is C11H16FNO5. The van der Waals surface area contributed by atoms with Gasteiger partial charge >= 0.3 is 12.2 Å². The van der Waals surface area contributed by atoms with E-state index < -0.39 is 24.7 Å². The lowest BCUT2D eigenvalue weighted by atomic mass is 10.0. The number of amides is 1. The number of nitrogens with zero attached hydrogens (tertiary/aromatic N) is 1. The fraction of sp³-hybridized carbons (Fsp3) is 0.636. The van der Waals surface area contributed by atoms with Crippen LogP contribution in [0.4, 0.5) is 14.0 Å². The van der Waals surface area contributed by atoms with E-state index >= 15 is 0 Å². The predicted molar refractivity (Wildman–Crippen MR) is 59.9 cm³/mol. The summed E-state index contributed by atoms with van der Waals surface area (Å²) >= 11 is 0. The standard InChI is InChI=1S/C11H16FNO5/c1-2-17-11(16)18-7-9(12)8-3-5-13(6-4-8)10(14)15/h2-7H2,1H3,(H,14,15). The molecule has 1 fully saturated rings. The zero-order valence-corrected chi connectivity index (χ0v) is 10.1. The highest BCUT2D eigenvalue weighted by molar-refractivity contribution is 5.65. The molecule has 0 unspecified atom stereocenters. The number of ether oxygens (including phenoxy) is 2. The first kappa shape index (κ1) is 14.3. The molecule has 1 aliphatic heterocycles. The molecule has 0 radical (unpaired) electrons. The number of hydrogen-bond donors (Lipinski definition) is 1. The van der Waals surface area contributed by atoms with E-state index in [0.717, 1.165) is 0 Å². The van der Waals surface area contributed by atoms with E-state index in [2.05, 4.69) is 9.47 Å². The first-order chi connectivity index (χ1) is 8.54. The lowest BCUT2D eigenvalue weighted by Crippen LogP contribution is -2.35. The molecular weight excluding hydrogens is 245 g/mol. The Bertz CT molecular complexity index is 345. The molecule has 102 valence electrons. The second-order valence-corrected chi connectivity index (χ2v) is 3.75. The van der Waals surface area contributed by atoms with Gasteiger partial charge in [-0.3, -0.25) is 0 Å². The van der Waals surface area contributed by atoms with Crippen molar-refractivity contribution in [3.05, 3.63) is 11.4 Å². The van der Waals surface area contributed by atoms with Gasteiger partial charge in [-0.05, 0) is 25.3 Å². The van der Waals surface area contributed by atoms with Crippen molar-refractivity contribution in [1.82, 2.24) is 4.90 Å². The summed E-state index contributed by atoms with van der Waals surface area (Å²) in [5.41, 5.74) is 0.497. The zero-order chi connectivity index (χ0) is 13.5. The van der Waals surface area contributed by atoms with Gasteiger partial charge in [0.05, 0.1) is 6.61 Å². The number of carbonyl (C=O) groups is 2. The minimum Gasteiger partial charge on any atom is -0.465 e. The molecule has 1 aliphatic rings. The Morgan fingerprint density at radius 1 is 1.33 bits per heavy atom. The SMILES string of the molecule is CCOC(=O)OCC(F)=C1CCN(C(=O)O)CC1. The van der Waals surface area contributed by atoms with Crippen molar-refractivity contribution in [1.29, 1.82) is 0 Å². The molecule has 1 saturated heterocycles. The molecule has 0 bridgehead atoms. The number of carboxylic acid groups (broad SMARTS) is 1. The van der Waals surface area contributed by atoms with Gasteiger partial charge in [0, 0.05) is 13.1 Å². The average molecular weight is 261 g/mol. The number of hydrogen-bond acceptors (Lipinski definition) is 4. The summed E-state index contributed by atoms with van der Waals surface area (Å²) in [6.07, 6.45) is -1.26. The van der Waals surface area contributed by atoms with Gasteiger partial charge < -0.3 is 19.5 Å². The summed E-state index contributed by atoms with van der Waals surface area (Å²) < 4.78 is 22.6. The third kappa shape index (κ3) is 4.23. The van der Waals surface area contributed by atoms with Crippen molar-refractivity contribution in [3.8, 4) is 0 Å². The highest BCUT2D eigenvalue weighted by atomic mass is 19.1. The van der Waals surface area contributed by atoms with Crippen LogP contribution in [0, 0.1) is 0 Å². The van der Waals surface area contributed by atoms with E-state index in [1.165, 1.54) is 4.90 Å². The van der Waals surface area contributed by atoms with E-state index in [4.69, 9.17) is 5.11 Å². The maximum Gasteiger partial charge on any atom is 0.508 e. The minimum absolute atomic E-state index is 0.171. The van der Waals surface area contributed by atoms with Gasteiger partial charge in [0.15, 0.2) is 0 Å². The van der Waals surface area contributed by atoms with E-state index in [1.54, 1.807) is 6.92 Å². The number of rotatable bonds is 3. The van der Waals surface area contributed by atoms with E-state index in [9.17, 15) is 14.0 Å². The molecule has 6 nitrogen and oxygen atoms in total. The molecule has 7 heteroatoms. The molecule has 1 heterocycles.